The molecule has 1 atom stereocenters. The number of hydrogen-bond acceptors (Lipinski definition) is 4. The van der Waals surface area contributed by atoms with Gasteiger partial charge < -0.3 is 5.32 Å². The van der Waals surface area contributed by atoms with Crippen LogP contribution in [0.4, 0.5) is 0 Å². The lowest BCUT2D eigenvalue weighted by molar-refractivity contribution is -0.119. The summed E-state index contributed by atoms with van der Waals surface area (Å²) in [6, 6.07) is 9.68. The molecule has 124 valence electrons. The van der Waals surface area contributed by atoms with Gasteiger partial charge in [-0.15, -0.1) is 0 Å². The van der Waals surface area contributed by atoms with E-state index < -0.39 is 5.54 Å². The molecular weight excluding hydrogens is 344 g/mol. The van der Waals surface area contributed by atoms with Gasteiger partial charge >= 0.3 is 0 Å². The van der Waals surface area contributed by atoms with Gasteiger partial charge in [0.1, 0.15) is 5.54 Å². The minimum absolute atomic E-state index is 0.156. The number of imidazole rings is 1. The molecule has 0 saturated heterocycles. The van der Waals surface area contributed by atoms with Crippen LogP contribution in [0.25, 0.3) is 5.69 Å². The quantitative estimate of drug-likeness (QED) is 0.801. The van der Waals surface area contributed by atoms with Crippen LogP contribution in [0.2, 0.25) is 5.02 Å². The number of nitrogens with zero attached hydrogens (tertiary/aromatic N) is 3. The van der Waals surface area contributed by atoms with Gasteiger partial charge in [-0.2, -0.15) is 5.26 Å². The predicted molar refractivity (Wildman–Crippen MR) is 94.2 cm³/mol. The van der Waals surface area contributed by atoms with Crippen LogP contribution in [0.1, 0.15) is 19.8 Å². The van der Waals surface area contributed by atoms with Crippen LogP contribution >= 0.6 is 23.4 Å². The number of carbonyl (C=O) groups excluding carboxylic acids is 1. The topological polar surface area (TPSA) is 70.7 Å². The Kier molecular flexibility index (Phi) is 4.83. The number of thioether (sulfide) groups is 1. The molecule has 0 bridgehead atoms. The van der Waals surface area contributed by atoms with Gasteiger partial charge in [0.15, 0.2) is 5.16 Å². The Bertz CT molecular complexity index is 796. The molecule has 1 fully saturated rings. The van der Waals surface area contributed by atoms with E-state index in [0.29, 0.717) is 10.2 Å². The van der Waals surface area contributed by atoms with Crippen molar-refractivity contribution in [2.24, 2.45) is 5.92 Å². The summed E-state index contributed by atoms with van der Waals surface area (Å²) in [6.45, 7) is 1.79. The maximum atomic E-state index is 12.2. The van der Waals surface area contributed by atoms with E-state index in [-0.39, 0.29) is 17.6 Å². The van der Waals surface area contributed by atoms with Crippen molar-refractivity contribution in [3.8, 4) is 11.8 Å². The molecule has 1 saturated carbocycles. The van der Waals surface area contributed by atoms with Crippen LogP contribution in [-0.4, -0.2) is 26.8 Å². The monoisotopic (exact) mass is 360 g/mol. The number of amides is 1. The second kappa shape index (κ2) is 6.88. The van der Waals surface area contributed by atoms with E-state index in [1.165, 1.54) is 11.8 Å². The van der Waals surface area contributed by atoms with Gasteiger partial charge in [-0.3, -0.25) is 9.36 Å². The number of benzene rings is 1. The summed E-state index contributed by atoms with van der Waals surface area (Å²) in [5.74, 6) is 0.322. The Morgan fingerprint density at radius 2 is 2.38 bits per heavy atom. The Morgan fingerprint density at radius 1 is 1.58 bits per heavy atom. The molecule has 2 aromatic rings. The van der Waals surface area contributed by atoms with Crippen LogP contribution in [0, 0.1) is 17.2 Å². The summed E-state index contributed by atoms with van der Waals surface area (Å²) in [6.07, 6.45) is 5.51. The molecule has 1 N–H and O–H groups in total. The highest BCUT2D eigenvalue weighted by molar-refractivity contribution is 7.99. The number of carbonyl (C=O) groups is 1. The Hall–Kier alpha value is -1.97. The average Bonchev–Trinajstić information content (AvgIpc) is 3.32. The van der Waals surface area contributed by atoms with Crippen LogP contribution in [0.5, 0.6) is 0 Å². The van der Waals surface area contributed by atoms with Crippen LogP contribution in [0.3, 0.4) is 0 Å². The third-order valence-corrected chi connectivity index (χ3v) is 5.25. The Labute approximate surface area is 150 Å². The lowest BCUT2D eigenvalue weighted by Gasteiger charge is -2.22. The number of nitrogens with one attached hydrogen (secondary N) is 1. The summed E-state index contributed by atoms with van der Waals surface area (Å²) in [5.41, 5.74) is 0.128. The predicted octanol–water partition coefficient (Wildman–Crippen LogP) is 3.43. The van der Waals surface area contributed by atoms with E-state index in [0.717, 1.165) is 18.5 Å². The number of aromatic nitrogens is 2. The van der Waals surface area contributed by atoms with Crippen molar-refractivity contribution in [2.45, 2.75) is 30.5 Å². The van der Waals surface area contributed by atoms with E-state index in [1.54, 1.807) is 13.1 Å². The van der Waals surface area contributed by atoms with Crippen molar-refractivity contribution in [2.75, 3.05) is 5.75 Å². The van der Waals surface area contributed by atoms with Gasteiger partial charge in [0.2, 0.25) is 5.91 Å². The molecule has 5 nitrogen and oxygen atoms in total. The molecule has 1 unspecified atom stereocenters. The number of rotatable bonds is 6. The van der Waals surface area contributed by atoms with Crippen LogP contribution in [-0.2, 0) is 4.79 Å². The largest absolute Gasteiger partial charge is 0.337 e. The van der Waals surface area contributed by atoms with Crippen molar-refractivity contribution < 1.29 is 4.79 Å². The fourth-order valence-electron chi connectivity index (χ4n) is 2.56. The zero-order valence-corrected chi connectivity index (χ0v) is 14.8. The molecule has 0 spiro atoms. The first-order valence-electron chi connectivity index (χ1n) is 7.66. The maximum absolute atomic E-state index is 12.2. The first-order chi connectivity index (χ1) is 11.5. The Balaban J connectivity index is 1.65. The Morgan fingerprint density at radius 3 is 3.04 bits per heavy atom. The van der Waals surface area contributed by atoms with Gasteiger partial charge in [-0.25, -0.2) is 4.98 Å². The molecule has 1 aliphatic carbocycles. The fourth-order valence-corrected chi connectivity index (χ4v) is 3.51. The number of halogens is 1. The summed E-state index contributed by atoms with van der Waals surface area (Å²) >= 11 is 7.36. The summed E-state index contributed by atoms with van der Waals surface area (Å²) in [7, 11) is 0. The molecule has 0 radical (unpaired) electrons. The van der Waals surface area contributed by atoms with Crippen molar-refractivity contribution in [3.63, 3.8) is 0 Å². The van der Waals surface area contributed by atoms with Crippen LogP contribution < -0.4 is 5.32 Å². The van der Waals surface area contributed by atoms with Gasteiger partial charge in [-0.1, -0.05) is 29.4 Å². The molecule has 1 heterocycles. The van der Waals surface area contributed by atoms with E-state index in [2.05, 4.69) is 16.4 Å². The normalized spacial score (nSPS) is 16.2. The van der Waals surface area contributed by atoms with Crippen LogP contribution in [0.15, 0.2) is 41.8 Å². The van der Waals surface area contributed by atoms with E-state index in [4.69, 9.17) is 11.6 Å². The summed E-state index contributed by atoms with van der Waals surface area (Å²) < 4.78 is 1.88. The maximum Gasteiger partial charge on any atom is 0.231 e. The summed E-state index contributed by atoms with van der Waals surface area (Å²) in [5, 5.41) is 13.5. The second-order valence-corrected chi connectivity index (χ2v) is 7.36. The van der Waals surface area contributed by atoms with Crippen molar-refractivity contribution in [3.05, 3.63) is 41.7 Å². The zero-order valence-electron chi connectivity index (χ0n) is 13.2. The van der Waals surface area contributed by atoms with E-state index in [1.807, 2.05) is 35.0 Å². The van der Waals surface area contributed by atoms with Gasteiger partial charge in [-0.05, 0) is 43.9 Å². The van der Waals surface area contributed by atoms with Gasteiger partial charge in [0.25, 0.3) is 0 Å². The molecule has 1 aromatic carbocycles. The molecule has 24 heavy (non-hydrogen) atoms. The van der Waals surface area contributed by atoms with Crippen molar-refractivity contribution >= 4 is 29.3 Å². The molecule has 1 aromatic heterocycles. The first-order valence-corrected chi connectivity index (χ1v) is 9.02. The second-order valence-electron chi connectivity index (χ2n) is 5.98. The van der Waals surface area contributed by atoms with Crippen molar-refractivity contribution in [1.29, 1.82) is 5.26 Å². The third-order valence-electron chi connectivity index (χ3n) is 4.05. The smallest absolute Gasteiger partial charge is 0.231 e. The molecule has 1 aliphatic rings. The standard InChI is InChI=1S/C17H17ClN4OS/c1-17(11-19,12-5-6-12)21-15(23)10-24-16-20-7-8-22(16)14-4-2-3-13(18)9-14/h2-4,7-9,12H,5-6,10H2,1H3,(H,21,23). The first kappa shape index (κ1) is 16.9. The molecular formula is C17H17ClN4OS. The SMILES string of the molecule is CC(C#N)(NC(=O)CSc1nccn1-c1cccc(Cl)c1)C1CC1. The highest BCUT2D eigenvalue weighted by atomic mass is 35.5. The highest BCUT2D eigenvalue weighted by Gasteiger charge is 2.42. The highest BCUT2D eigenvalue weighted by Crippen LogP contribution is 2.39. The zero-order chi connectivity index (χ0) is 17.2. The third kappa shape index (κ3) is 3.74. The summed E-state index contributed by atoms with van der Waals surface area (Å²) in [4.78, 5) is 16.5. The fraction of sp³-hybridized carbons (Fsp3) is 0.353. The van der Waals surface area contributed by atoms with Gasteiger partial charge in [0.05, 0.1) is 11.8 Å². The minimum atomic E-state index is -0.764. The van der Waals surface area contributed by atoms with Crippen molar-refractivity contribution in [1.82, 2.24) is 14.9 Å². The van der Waals surface area contributed by atoms with E-state index in [9.17, 15) is 10.1 Å². The number of nitriles is 1. The minimum Gasteiger partial charge on any atom is -0.337 e. The number of hydrogen-bond donors (Lipinski definition) is 1. The van der Waals surface area contributed by atoms with E-state index >= 15 is 0 Å². The lowest BCUT2D eigenvalue weighted by Crippen LogP contribution is -2.47. The molecule has 1 amide bonds. The molecule has 7 heteroatoms. The molecule has 0 aliphatic heterocycles. The lowest BCUT2D eigenvalue weighted by atomic mass is 9.98. The van der Waals surface area contributed by atoms with Gasteiger partial charge in [0, 0.05) is 23.1 Å². The average molecular weight is 361 g/mol. The molecule has 3 rings (SSSR count).